The molecule has 0 saturated carbocycles. The van der Waals surface area contributed by atoms with Crippen molar-refractivity contribution < 1.29 is 83.0 Å². The van der Waals surface area contributed by atoms with Gasteiger partial charge in [0.25, 0.3) is 7.68 Å². The summed E-state index contributed by atoms with van der Waals surface area (Å²) in [7, 11) is -5.09. The fraction of sp³-hybridized carbons (Fsp3) is 0. The van der Waals surface area contributed by atoms with Crippen molar-refractivity contribution in [2.45, 2.75) is 0 Å². The molecular weight excluding hydrogens is 274 g/mol. The normalized spacial score (nSPS) is 10.9. The summed E-state index contributed by atoms with van der Waals surface area (Å²) in [5.74, 6) is 0.438. The Hall–Kier alpha value is 1.39. The van der Waals surface area contributed by atoms with Crippen LogP contribution in [0.4, 0.5) is 4.20 Å². The van der Waals surface area contributed by atoms with Crippen molar-refractivity contribution in [3.63, 3.8) is 0 Å². The number of aliphatic hydroxyl groups is 1. The fourth-order valence-corrected chi connectivity index (χ4v) is 0. The Balaban J connectivity index is -0.0000000625. The molecular formula is C3HFNNa2O4PS2. The number of aliphatic hydroxyl groups excluding tert-OH is 1. The van der Waals surface area contributed by atoms with Crippen LogP contribution in [-0.2, 0) is 4.57 Å². The Bertz CT molecular complexity index is 264. The smallest absolute Gasteiger partial charge is 0.861 e. The molecule has 0 heterocycles. The zero-order valence-corrected chi connectivity index (χ0v) is 13.8. The zero-order chi connectivity index (χ0) is 10.4. The summed E-state index contributed by atoms with van der Waals surface area (Å²) in [5.41, 5.74) is 0. The van der Waals surface area contributed by atoms with Crippen molar-refractivity contribution in [2.75, 3.05) is 0 Å². The molecule has 0 fully saturated rings. The molecule has 0 saturated heterocycles. The van der Waals surface area contributed by atoms with Crippen molar-refractivity contribution in [1.82, 2.24) is 0 Å². The van der Waals surface area contributed by atoms with Gasteiger partial charge in [-0.25, -0.2) is 0 Å². The van der Waals surface area contributed by atoms with E-state index in [0.717, 1.165) is 0 Å². The van der Waals surface area contributed by atoms with E-state index in [1.807, 2.05) is 0 Å². The summed E-state index contributed by atoms with van der Waals surface area (Å²) in [6, 6.07) is 0. The van der Waals surface area contributed by atoms with Crippen molar-refractivity contribution in [3.8, 4) is 5.81 Å². The monoisotopic (exact) mass is 275 g/mol. The van der Waals surface area contributed by atoms with Gasteiger partial charge in [0.1, 0.15) is 5.81 Å². The molecule has 0 spiro atoms. The van der Waals surface area contributed by atoms with E-state index in [-0.39, 0.29) is 59.1 Å². The molecule has 0 amide bonds. The molecule has 11 heteroatoms. The second-order valence-electron chi connectivity index (χ2n) is 1.17. The van der Waals surface area contributed by atoms with Crippen molar-refractivity contribution in [2.24, 2.45) is 0 Å². The largest absolute Gasteiger partial charge is 1.00 e. The molecule has 1 N–H and O–H groups in total. The molecule has 1 unspecified atom stereocenters. The van der Waals surface area contributed by atoms with Gasteiger partial charge in [-0.2, -0.15) is 9.46 Å². The zero-order valence-electron chi connectivity index (χ0n) is 7.26. The molecule has 1 atom stereocenters. The fourth-order valence-electron chi connectivity index (χ4n) is 0. The predicted octanol–water partition coefficient (Wildman–Crippen LogP) is -6.44. The van der Waals surface area contributed by atoms with Crippen LogP contribution in [0.1, 0.15) is 0 Å². The average molecular weight is 275 g/mol. The van der Waals surface area contributed by atoms with Crippen molar-refractivity contribution in [1.29, 1.82) is 5.26 Å². The van der Waals surface area contributed by atoms with E-state index in [9.17, 15) is 9.30 Å². The molecule has 5 nitrogen and oxygen atoms in total. The van der Waals surface area contributed by atoms with Crippen molar-refractivity contribution in [3.05, 3.63) is 0 Å². The maximum Gasteiger partial charge on any atom is 1.00 e. The van der Waals surface area contributed by atoms with Gasteiger partial charge >= 0.3 is 59.1 Å². The maximum atomic E-state index is 10.8. The van der Waals surface area contributed by atoms with Crippen LogP contribution < -0.4 is 69.1 Å². The first-order chi connectivity index (χ1) is 5.20. The first kappa shape index (κ1) is 24.6. The molecule has 0 aliphatic rings. The maximum absolute atomic E-state index is 10.8. The summed E-state index contributed by atoms with van der Waals surface area (Å²) in [6.07, 6.45) is 0. The van der Waals surface area contributed by atoms with Crippen LogP contribution in [0, 0.1) is 11.1 Å². The molecule has 0 aliphatic heterocycles. The molecule has 68 valence electrons. The van der Waals surface area contributed by atoms with Gasteiger partial charge in [0.15, 0.2) is 5.05 Å². The topological polar surface area (TPSA) is 107 Å². The standard InChI is InChI=1S/C2H2O2S2.CHFNO2P.2Na/c3-1(5)2(4)6;2-6(4,5)1-3;;/h(H,3,5)(H,4,6);(H,4,5);;/q;;2*+1/p-2. The minimum Gasteiger partial charge on any atom is -0.861 e. The van der Waals surface area contributed by atoms with Gasteiger partial charge in [-0.3, -0.25) is 4.57 Å². The third-order valence-electron chi connectivity index (χ3n) is 0.294. The molecule has 0 bridgehead atoms. The van der Waals surface area contributed by atoms with E-state index in [2.05, 4.69) is 24.4 Å². The number of hydrogen-bond donors (Lipinski definition) is 1. The minimum atomic E-state index is -5.09. The summed E-state index contributed by atoms with van der Waals surface area (Å²) in [4.78, 5) is 9.00. The third-order valence-corrected chi connectivity index (χ3v) is 1.04. The van der Waals surface area contributed by atoms with Crippen LogP contribution in [0.2, 0.25) is 0 Å². The SMILES string of the molecule is N#CP(=O)([O-])F.[Na+].[Na+].[O-]C(=S)C(O)=S. The number of halogens is 1. The first-order valence-electron chi connectivity index (χ1n) is 2.07. The Morgan fingerprint density at radius 3 is 1.64 bits per heavy atom. The Kier molecular flexibility index (Phi) is 21.9. The van der Waals surface area contributed by atoms with E-state index in [1.165, 1.54) is 0 Å². The number of rotatable bonds is 0. The summed E-state index contributed by atoms with van der Waals surface area (Å²) >= 11 is 7.79. The molecule has 0 aromatic heterocycles. The van der Waals surface area contributed by atoms with Gasteiger partial charge in [-0.1, -0.05) is 12.2 Å². The van der Waals surface area contributed by atoms with Crippen LogP contribution in [0.3, 0.4) is 0 Å². The van der Waals surface area contributed by atoms with Gasteiger partial charge < -0.3 is 15.1 Å². The van der Waals surface area contributed by atoms with Crippen LogP contribution >= 0.6 is 32.1 Å². The van der Waals surface area contributed by atoms with Gasteiger partial charge in [0, 0.05) is 5.05 Å². The molecule has 0 rings (SSSR count). The number of nitrogens with zero attached hydrogens (tertiary/aromatic N) is 1. The van der Waals surface area contributed by atoms with E-state index < -0.39 is 17.8 Å². The van der Waals surface area contributed by atoms with E-state index >= 15 is 0 Å². The third kappa shape index (κ3) is 29.2. The van der Waals surface area contributed by atoms with E-state index in [4.69, 9.17) is 19.8 Å². The number of thiocarbonyl (C=S) groups is 2. The number of hydrogen-bond acceptors (Lipinski definition) is 6. The summed E-state index contributed by atoms with van der Waals surface area (Å²) < 4.78 is 19.8. The van der Waals surface area contributed by atoms with E-state index in [0.29, 0.717) is 5.81 Å². The minimum absolute atomic E-state index is 0. The predicted molar refractivity (Wildman–Crippen MR) is 42.2 cm³/mol. The second kappa shape index (κ2) is 12.5. The van der Waals surface area contributed by atoms with Crippen LogP contribution in [0.15, 0.2) is 0 Å². The van der Waals surface area contributed by atoms with Gasteiger partial charge in [-0.15, -0.1) is 0 Å². The number of nitriles is 1. The molecule has 0 aromatic rings. The molecule has 0 aromatic carbocycles. The van der Waals surface area contributed by atoms with Crippen molar-refractivity contribution >= 4 is 42.2 Å². The molecule has 0 aliphatic carbocycles. The summed E-state index contributed by atoms with van der Waals surface area (Å²) in [6.45, 7) is 0. The van der Waals surface area contributed by atoms with Crippen LogP contribution in [-0.4, -0.2) is 15.2 Å². The molecule has 0 radical (unpaired) electrons. The van der Waals surface area contributed by atoms with Crippen LogP contribution in [0.25, 0.3) is 0 Å². The second-order valence-corrected chi connectivity index (χ2v) is 3.09. The average Bonchev–Trinajstić information content (AvgIpc) is 1.87. The Labute approximate surface area is 134 Å². The quantitative estimate of drug-likeness (QED) is 0.266. The van der Waals surface area contributed by atoms with Crippen LogP contribution in [0.5, 0.6) is 0 Å². The Morgan fingerprint density at radius 1 is 1.50 bits per heavy atom. The van der Waals surface area contributed by atoms with Gasteiger partial charge in [0.05, 0.1) is 0 Å². The summed E-state index contributed by atoms with van der Waals surface area (Å²) in [5, 5.41) is 23.1. The Morgan fingerprint density at radius 2 is 1.64 bits per heavy atom. The molecule has 14 heavy (non-hydrogen) atoms. The van der Waals surface area contributed by atoms with Gasteiger partial charge in [-0.05, 0) is 12.2 Å². The van der Waals surface area contributed by atoms with E-state index in [1.54, 1.807) is 0 Å². The first-order valence-corrected chi connectivity index (χ1v) is 4.40. The van der Waals surface area contributed by atoms with Gasteiger partial charge in [0.2, 0.25) is 0 Å².